The molecule has 7 nitrogen and oxygen atoms in total. The number of carbonyl (C=O) groups excluding carboxylic acids is 1. The Bertz CT molecular complexity index is 1140. The van der Waals surface area contributed by atoms with Gasteiger partial charge in [0.1, 0.15) is 5.75 Å². The maximum absolute atomic E-state index is 12.8. The number of nitrogens with zero attached hydrogens (tertiary/aromatic N) is 2. The molecule has 0 saturated heterocycles. The number of aromatic nitrogens is 2. The van der Waals surface area contributed by atoms with E-state index in [0.717, 1.165) is 16.2 Å². The van der Waals surface area contributed by atoms with Gasteiger partial charge in [-0.2, -0.15) is 0 Å². The number of thiazole rings is 1. The summed E-state index contributed by atoms with van der Waals surface area (Å²) in [5.41, 5.74) is 2.87. The molecule has 148 valence electrons. The van der Waals surface area contributed by atoms with E-state index in [1.807, 2.05) is 46.4 Å². The van der Waals surface area contributed by atoms with Crippen molar-refractivity contribution in [3.8, 4) is 28.5 Å². The summed E-state index contributed by atoms with van der Waals surface area (Å²) in [5.74, 6) is 1.03. The number of hydrogen-bond acceptors (Lipinski definition) is 6. The van der Waals surface area contributed by atoms with Gasteiger partial charge in [0.05, 0.1) is 32.6 Å². The van der Waals surface area contributed by atoms with E-state index < -0.39 is 0 Å². The summed E-state index contributed by atoms with van der Waals surface area (Å²) in [6.45, 7) is 0. The van der Waals surface area contributed by atoms with Crippen LogP contribution in [0.4, 0.5) is 5.69 Å². The average molecular weight is 409 g/mol. The molecule has 0 radical (unpaired) electrons. The second-order valence-electron chi connectivity index (χ2n) is 6.16. The van der Waals surface area contributed by atoms with Gasteiger partial charge in [0.25, 0.3) is 5.91 Å². The van der Waals surface area contributed by atoms with E-state index in [0.29, 0.717) is 28.5 Å². The fraction of sp³-hybridized carbons (Fsp3) is 0.143. The molecule has 0 aliphatic rings. The molecule has 2 aromatic carbocycles. The minimum Gasteiger partial charge on any atom is -0.496 e. The second-order valence-corrected chi connectivity index (χ2v) is 7.03. The Morgan fingerprint density at radius 1 is 1.00 bits per heavy atom. The third kappa shape index (κ3) is 3.62. The molecule has 8 heteroatoms. The van der Waals surface area contributed by atoms with Crippen molar-refractivity contribution >= 4 is 27.9 Å². The number of ether oxygens (including phenoxy) is 3. The van der Waals surface area contributed by atoms with E-state index in [4.69, 9.17) is 14.2 Å². The van der Waals surface area contributed by atoms with Crippen LogP contribution < -0.4 is 19.5 Å². The predicted octanol–water partition coefficient (Wildman–Crippen LogP) is 4.34. The Labute approximate surface area is 171 Å². The van der Waals surface area contributed by atoms with Gasteiger partial charge in [-0.15, -0.1) is 11.3 Å². The van der Waals surface area contributed by atoms with Gasteiger partial charge in [0.2, 0.25) is 0 Å². The quantitative estimate of drug-likeness (QED) is 0.513. The van der Waals surface area contributed by atoms with Crippen LogP contribution in [-0.2, 0) is 0 Å². The number of rotatable bonds is 6. The van der Waals surface area contributed by atoms with E-state index >= 15 is 0 Å². The lowest BCUT2D eigenvalue weighted by Crippen LogP contribution is -2.13. The van der Waals surface area contributed by atoms with Crippen LogP contribution in [0, 0.1) is 0 Å². The standard InChI is InChI=1S/C21H19N3O4S/c1-26-17-11-19(28-3)18(27-2)10-15(17)20(25)22-14-6-4-13(5-7-14)16-12-24-8-9-29-21(24)23-16/h4-12H,1-3H3,(H,22,25). The lowest BCUT2D eigenvalue weighted by molar-refractivity contribution is 0.102. The van der Waals surface area contributed by atoms with Crippen LogP contribution >= 0.6 is 11.3 Å². The number of carbonyl (C=O) groups is 1. The van der Waals surface area contributed by atoms with Crippen LogP contribution in [0.2, 0.25) is 0 Å². The van der Waals surface area contributed by atoms with Gasteiger partial charge in [-0.05, 0) is 12.1 Å². The molecule has 0 bridgehead atoms. The number of anilines is 1. The van der Waals surface area contributed by atoms with Crippen LogP contribution in [0.15, 0.2) is 54.2 Å². The highest BCUT2D eigenvalue weighted by Gasteiger charge is 2.18. The first kappa shape index (κ1) is 18.8. The highest BCUT2D eigenvalue weighted by atomic mass is 32.1. The third-order valence-electron chi connectivity index (χ3n) is 4.48. The normalized spacial score (nSPS) is 10.7. The van der Waals surface area contributed by atoms with Gasteiger partial charge >= 0.3 is 0 Å². The molecule has 0 aliphatic carbocycles. The number of nitrogens with one attached hydrogen (secondary N) is 1. The fourth-order valence-electron chi connectivity index (χ4n) is 3.00. The number of amides is 1. The predicted molar refractivity (Wildman–Crippen MR) is 113 cm³/mol. The Morgan fingerprint density at radius 3 is 2.34 bits per heavy atom. The topological polar surface area (TPSA) is 74.1 Å². The fourth-order valence-corrected chi connectivity index (χ4v) is 3.70. The minimum atomic E-state index is -0.307. The molecule has 0 aliphatic heterocycles. The van der Waals surface area contributed by atoms with Gasteiger partial charge < -0.3 is 19.5 Å². The lowest BCUT2D eigenvalue weighted by Gasteiger charge is -2.14. The van der Waals surface area contributed by atoms with Crippen molar-refractivity contribution in [1.82, 2.24) is 9.38 Å². The van der Waals surface area contributed by atoms with Crippen molar-refractivity contribution in [2.24, 2.45) is 0 Å². The van der Waals surface area contributed by atoms with Crippen molar-refractivity contribution in [1.29, 1.82) is 0 Å². The highest BCUT2D eigenvalue weighted by Crippen LogP contribution is 2.35. The van der Waals surface area contributed by atoms with E-state index in [1.165, 1.54) is 21.3 Å². The number of imidazole rings is 1. The minimum absolute atomic E-state index is 0.307. The van der Waals surface area contributed by atoms with Crippen molar-refractivity contribution in [2.45, 2.75) is 0 Å². The van der Waals surface area contributed by atoms with Crippen molar-refractivity contribution in [3.63, 3.8) is 0 Å². The summed E-state index contributed by atoms with van der Waals surface area (Å²) < 4.78 is 17.9. The summed E-state index contributed by atoms with van der Waals surface area (Å²) in [6, 6.07) is 10.8. The number of methoxy groups -OCH3 is 3. The maximum Gasteiger partial charge on any atom is 0.259 e. The van der Waals surface area contributed by atoms with Crippen LogP contribution in [0.25, 0.3) is 16.2 Å². The molecule has 0 fully saturated rings. The molecule has 29 heavy (non-hydrogen) atoms. The SMILES string of the molecule is COc1cc(OC)c(C(=O)Nc2ccc(-c3cn4ccsc4n3)cc2)cc1OC. The van der Waals surface area contributed by atoms with E-state index in [1.54, 1.807) is 23.5 Å². The van der Waals surface area contributed by atoms with Crippen molar-refractivity contribution < 1.29 is 19.0 Å². The number of benzene rings is 2. The molecule has 4 aromatic rings. The van der Waals surface area contributed by atoms with E-state index in [-0.39, 0.29) is 5.91 Å². The van der Waals surface area contributed by atoms with Gasteiger partial charge in [-0.1, -0.05) is 12.1 Å². The maximum atomic E-state index is 12.8. The summed E-state index contributed by atoms with van der Waals surface area (Å²) in [4.78, 5) is 18.3. The second kappa shape index (κ2) is 7.84. The van der Waals surface area contributed by atoms with Crippen molar-refractivity contribution in [3.05, 3.63) is 59.7 Å². The molecule has 0 unspecified atom stereocenters. The molecule has 2 heterocycles. The van der Waals surface area contributed by atoms with E-state index in [2.05, 4.69) is 10.3 Å². The Morgan fingerprint density at radius 2 is 1.69 bits per heavy atom. The zero-order valence-corrected chi connectivity index (χ0v) is 16.9. The molecule has 2 aromatic heterocycles. The van der Waals surface area contributed by atoms with Gasteiger partial charge in [0, 0.05) is 41.2 Å². The third-order valence-corrected chi connectivity index (χ3v) is 5.25. The average Bonchev–Trinajstić information content (AvgIpc) is 3.35. The first-order chi connectivity index (χ1) is 14.1. The van der Waals surface area contributed by atoms with Gasteiger partial charge in [-0.25, -0.2) is 4.98 Å². The smallest absolute Gasteiger partial charge is 0.259 e. The molecule has 0 spiro atoms. The largest absolute Gasteiger partial charge is 0.496 e. The Balaban J connectivity index is 1.56. The Kier molecular flexibility index (Phi) is 5.09. The van der Waals surface area contributed by atoms with Crippen LogP contribution in [0.5, 0.6) is 17.2 Å². The highest BCUT2D eigenvalue weighted by molar-refractivity contribution is 7.15. The summed E-state index contributed by atoms with van der Waals surface area (Å²) in [7, 11) is 4.55. The lowest BCUT2D eigenvalue weighted by atomic mass is 10.1. The number of hydrogen-bond donors (Lipinski definition) is 1. The first-order valence-corrected chi connectivity index (χ1v) is 9.65. The van der Waals surface area contributed by atoms with E-state index in [9.17, 15) is 4.79 Å². The molecule has 0 saturated carbocycles. The summed E-state index contributed by atoms with van der Waals surface area (Å²) >= 11 is 1.58. The van der Waals surface area contributed by atoms with Gasteiger partial charge in [-0.3, -0.25) is 9.20 Å². The molecule has 4 rings (SSSR count). The monoisotopic (exact) mass is 409 g/mol. The molecular formula is C21H19N3O4S. The van der Waals surface area contributed by atoms with Crippen LogP contribution in [-0.4, -0.2) is 36.6 Å². The van der Waals surface area contributed by atoms with Gasteiger partial charge in [0.15, 0.2) is 16.5 Å². The van der Waals surface area contributed by atoms with Crippen LogP contribution in [0.3, 0.4) is 0 Å². The summed E-state index contributed by atoms with van der Waals surface area (Å²) in [5, 5.41) is 4.88. The molecule has 1 N–H and O–H groups in total. The summed E-state index contributed by atoms with van der Waals surface area (Å²) in [6.07, 6.45) is 3.95. The molecule has 0 atom stereocenters. The zero-order chi connectivity index (χ0) is 20.4. The van der Waals surface area contributed by atoms with Crippen LogP contribution in [0.1, 0.15) is 10.4 Å². The molecular weight excluding hydrogens is 390 g/mol. The Hall–Kier alpha value is -3.52. The number of fused-ring (bicyclic) bond motifs is 1. The first-order valence-electron chi connectivity index (χ1n) is 8.77. The zero-order valence-electron chi connectivity index (χ0n) is 16.1. The van der Waals surface area contributed by atoms with Crippen molar-refractivity contribution in [2.75, 3.05) is 26.6 Å². The molecule has 1 amide bonds.